The minimum absolute atomic E-state index is 0.101. The van der Waals surface area contributed by atoms with E-state index in [-0.39, 0.29) is 12.0 Å². The van der Waals surface area contributed by atoms with Gasteiger partial charge in [0, 0.05) is 36.3 Å². The van der Waals surface area contributed by atoms with E-state index in [1.165, 1.54) is 4.88 Å². The van der Waals surface area contributed by atoms with E-state index in [4.69, 9.17) is 4.74 Å². The summed E-state index contributed by atoms with van der Waals surface area (Å²) >= 11 is 1.71. The van der Waals surface area contributed by atoms with Crippen molar-refractivity contribution >= 4 is 17.2 Å². The van der Waals surface area contributed by atoms with Crippen molar-refractivity contribution in [1.82, 2.24) is 14.9 Å². The summed E-state index contributed by atoms with van der Waals surface area (Å²) in [5.41, 5.74) is 1.02. The number of ether oxygens (including phenoxy) is 1. The molecular weight excluding hydrogens is 310 g/mol. The van der Waals surface area contributed by atoms with Gasteiger partial charge in [0.25, 0.3) is 0 Å². The Morgan fingerprint density at radius 1 is 1.39 bits per heavy atom. The lowest BCUT2D eigenvalue weighted by atomic mass is 10.1. The summed E-state index contributed by atoms with van der Waals surface area (Å²) < 4.78 is 5.80. The summed E-state index contributed by atoms with van der Waals surface area (Å²) in [7, 11) is 0. The number of nitrogens with zero attached hydrogens (tertiary/aromatic N) is 3. The van der Waals surface area contributed by atoms with E-state index in [1.807, 2.05) is 17.0 Å². The van der Waals surface area contributed by atoms with Gasteiger partial charge in [-0.25, -0.2) is 9.97 Å². The van der Waals surface area contributed by atoms with Crippen LogP contribution in [-0.4, -0.2) is 46.6 Å². The average Bonchev–Trinajstić information content (AvgIpc) is 3.12. The first kappa shape index (κ1) is 16.1. The van der Waals surface area contributed by atoms with E-state index < -0.39 is 0 Å². The molecule has 1 aliphatic heterocycles. The second-order valence-corrected chi connectivity index (χ2v) is 6.68. The SMILES string of the molecule is O=C(CCc1cccs1)N1CCO[C@H](CCc2ccncn2)C1. The van der Waals surface area contributed by atoms with Gasteiger partial charge in [-0.05, 0) is 36.8 Å². The third-order valence-electron chi connectivity index (χ3n) is 4.02. The van der Waals surface area contributed by atoms with Gasteiger partial charge < -0.3 is 9.64 Å². The molecule has 3 rings (SSSR count). The van der Waals surface area contributed by atoms with Gasteiger partial charge in [0.1, 0.15) is 6.33 Å². The zero-order chi connectivity index (χ0) is 15.9. The van der Waals surface area contributed by atoms with E-state index in [1.54, 1.807) is 23.9 Å². The molecule has 0 aliphatic carbocycles. The quantitative estimate of drug-likeness (QED) is 0.815. The topological polar surface area (TPSA) is 55.3 Å². The van der Waals surface area contributed by atoms with E-state index >= 15 is 0 Å². The monoisotopic (exact) mass is 331 g/mol. The molecular formula is C17H21N3O2S. The van der Waals surface area contributed by atoms with Crippen LogP contribution in [-0.2, 0) is 22.4 Å². The highest BCUT2D eigenvalue weighted by Crippen LogP contribution is 2.15. The maximum absolute atomic E-state index is 12.4. The Labute approximate surface area is 140 Å². The number of morpholine rings is 1. The number of hydrogen-bond donors (Lipinski definition) is 0. The summed E-state index contributed by atoms with van der Waals surface area (Å²) in [5.74, 6) is 0.230. The fourth-order valence-corrected chi connectivity index (χ4v) is 3.45. The smallest absolute Gasteiger partial charge is 0.223 e. The van der Waals surface area contributed by atoms with Crippen LogP contribution in [0.2, 0.25) is 0 Å². The number of thiophene rings is 1. The molecule has 1 atom stereocenters. The molecule has 6 heteroatoms. The largest absolute Gasteiger partial charge is 0.375 e. The molecule has 1 amide bonds. The van der Waals surface area contributed by atoms with Gasteiger partial charge in [-0.3, -0.25) is 4.79 Å². The fourth-order valence-electron chi connectivity index (χ4n) is 2.74. The standard InChI is InChI=1S/C17H21N3O2S/c21-17(6-5-16-2-1-11-23-16)20-9-10-22-15(12-20)4-3-14-7-8-18-13-19-14/h1-2,7-8,11,13,15H,3-6,9-10,12H2/t15-/m1/s1. The van der Waals surface area contributed by atoms with Gasteiger partial charge in [0.15, 0.2) is 0 Å². The molecule has 0 radical (unpaired) electrons. The van der Waals surface area contributed by atoms with Crippen LogP contribution in [0.1, 0.15) is 23.4 Å². The molecule has 3 heterocycles. The zero-order valence-corrected chi connectivity index (χ0v) is 13.9. The van der Waals surface area contributed by atoms with Crippen LogP contribution in [0.25, 0.3) is 0 Å². The lowest BCUT2D eigenvalue weighted by Crippen LogP contribution is -2.45. The molecule has 1 aliphatic rings. The highest BCUT2D eigenvalue weighted by Gasteiger charge is 2.23. The molecule has 0 spiro atoms. The van der Waals surface area contributed by atoms with Gasteiger partial charge in [0.05, 0.1) is 12.7 Å². The van der Waals surface area contributed by atoms with Gasteiger partial charge >= 0.3 is 0 Å². The number of carbonyl (C=O) groups is 1. The van der Waals surface area contributed by atoms with E-state index in [0.717, 1.165) is 25.0 Å². The highest BCUT2D eigenvalue weighted by atomic mass is 32.1. The number of amides is 1. The molecule has 5 nitrogen and oxygen atoms in total. The van der Waals surface area contributed by atoms with Crippen molar-refractivity contribution < 1.29 is 9.53 Å². The van der Waals surface area contributed by atoms with Crippen LogP contribution >= 0.6 is 11.3 Å². The molecule has 1 fully saturated rings. The molecule has 0 aromatic carbocycles. The summed E-state index contributed by atoms with van der Waals surface area (Å²) in [6, 6.07) is 6.04. The molecule has 0 bridgehead atoms. The van der Waals surface area contributed by atoms with Gasteiger partial charge in [-0.1, -0.05) is 6.07 Å². The molecule has 0 saturated carbocycles. The Kier molecular flexibility index (Phi) is 5.71. The average molecular weight is 331 g/mol. The van der Waals surface area contributed by atoms with Crippen LogP contribution in [0.3, 0.4) is 0 Å². The third-order valence-corrected chi connectivity index (χ3v) is 4.96. The summed E-state index contributed by atoms with van der Waals surface area (Å²) in [6.07, 6.45) is 6.57. The number of aromatic nitrogens is 2. The molecule has 0 N–H and O–H groups in total. The molecule has 1 saturated heterocycles. The van der Waals surface area contributed by atoms with Crippen LogP contribution in [0.4, 0.5) is 0 Å². The van der Waals surface area contributed by atoms with Gasteiger partial charge in [-0.2, -0.15) is 0 Å². The normalized spacial score (nSPS) is 18.1. The number of hydrogen-bond acceptors (Lipinski definition) is 5. The van der Waals surface area contributed by atoms with Crippen molar-refractivity contribution in [2.45, 2.75) is 31.8 Å². The lowest BCUT2D eigenvalue weighted by molar-refractivity contribution is -0.138. The van der Waals surface area contributed by atoms with Crippen molar-refractivity contribution in [3.63, 3.8) is 0 Å². The number of rotatable bonds is 6. The Hall–Kier alpha value is -1.79. The van der Waals surface area contributed by atoms with Crippen LogP contribution < -0.4 is 0 Å². The fraction of sp³-hybridized carbons (Fsp3) is 0.471. The first-order valence-corrected chi connectivity index (χ1v) is 8.86. The summed E-state index contributed by atoms with van der Waals surface area (Å²) in [6.45, 7) is 2.01. The summed E-state index contributed by atoms with van der Waals surface area (Å²) in [4.78, 5) is 23.7. The van der Waals surface area contributed by atoms with Crippen LogP contribution in [0.5, 0.6) is 0 Å². The Morgan fingerprint density at radius 2 is 2.35 bits per heavy atom. The summed E-state index contributed by atoms with van der Waals surface area (Å²) in [5, 5.41) is 2.05. The molecule has 23 heavy (non-hydrogen) atoms. The minimum atomic E-state index is 0.101. The Balaban J connectivity index is 1.44. The van der Waals surface area contributed by atoms with Crippen molar-refractivity contribution in [2.75, 3.05) is 19.7 Å². The van der Waals surface area contributed by atoms with Crippen molar-refractivity contribution in [3.05, 3.63) is 46.7 Å². The van der Waals surface area contributed by atoms with E-state index in [9.17, 15) is 4.79 Å². The molecule has 2 aromatic heterocycles. The molecule has 122 valence electrons. The Bertz CT molecular complexity index is 604. The second-order valence-electron chi connectivity index (χ2n) is 5.65. The van der Waals surface area contributed by atoms with Crippen LogP contribution in [0.15, 0.2) is 36.1 Å². The van der Waals surface area contributed by atoms with E-state index in [0.29, 0.717) is 26.1 Å². The van der Waals surface area contributed by atoms with Gasteiger partial charge in [-0.15, -0.1) is 11.3 Å². The molecule has 0 unspecified atom stereocenters. The number of carbonyl (C=O) groups excluding carboxylic acids is 1. The number of aryl methyl sites for hydroxylation is 2. The molecule has 2 aromatic rings. The maximum atomic E-state index is 12.4. The van der Waals surface area contributed by atoms with Gasteiger partial charge in [0.2, 0.25) is 5.91 Å². The third kappa shape index (κ3) is 4.84. The predicted molar refractivity (Wildman–Crippen MR) is 89.3 cm³/mol. The predicted octanol–water partition coefficient (Wildman–Crippen LogP) is 2.33. The van der Waals surface area contributed by atoms with Crippen molar-refractivity contribution in [3.8, 4) is 0 Å². The van der Waals surface area contributed by atoms with Crippen LogP contribution in [0, 0.1) is 0 Å². The first-order valence-electron chi connectivity index (χ1n) is 7.98. The zero-order valence-electron chi connectivity index (χ0n) is 13.1. The maximum Gasteiger partial charge on any atom is 0.223 e. The Morgan fingerprint density at radius 3 is 3.13 bits per heavy atom. The first-order chi connectivity index (χ1) is 11.3. The second kappa shape index (κ2) is 8.17. The highest BCUT2D eigenvalue weighted by molar-refractivity contribution is 7.09. The minimum Gasteiger partial charge on any atom is -0.375 e. The van der Waals surface area contributed by atoms with E-state index in [2.05, 4.69) is 21.4 Å². The van der Waals surface area contributed by atoms with Crippen molar-refractivity contribution in [2.24, 2.45) is 0 Å². The lowest BCUT2D eigenvalue weighted by Gasteiger charge is -2.33. The van der Waals surface area contributed by atoms with Crippen molar-refractivity contribution in [1.29, 1.82) is 0 Å².